The van der Waals surface area contributed by atoms with Gasteiger partial charge in [0.1, 0.15) is 17.7 Å². The largest absolute Gasteiger partial charge is 0.444 e. The lowest BCUT2D eigenvalue weighted by molar-refractivity contribution is -0.144. The SMILES string of the molecule is C#Cc1ccccc1C(C(=O)Nc1ccccc1C)N(C(=O)C(NC(=O)OC(C)(C)C)C(C)CC)C(C)C. The van der Waals surface area contributed by atoms with E-state index >= 15 is 0 Å². The van der Waals surface area contributed by atoms with Gasteiger partial charge in [-0.05, 0) is 70.7 Å². The number of benzene rings is 2. The van der Waals surface area contributed by atoms with E-state index in [9.17, 15) is 14.4 Å². The van der Waals surface area contributed by atoms with Crippen LogP contribution in [0.5, 0.6) is 0 Å². The molecule has 0 heterocycles. The van der Waals surface area contributed by atoms with Crippen molar-refractivity contribution in [1.29, 1.82) is 0 Å². The van der Waals surface area contributed by atoms with Crippen LogP contribution in [0.3, 0.4) is 0 Å². The van der Waals surface area contributed by atoms with Gasteiger partial charge in [-0.2, -0.15) is 0 Å². The molecule has 0 radical (unpaired) electrons. The summed E-state index contributed by atoms with van der Waals surface area (Å²) in [6.07, 6.45) is 5.75. The molecule has 2 aromatic carbocycles. The Labute approximate surface area is 227 Å². The number of anilines is 1. The Morgan fingerprint density at radius 3 is 2.18 bits per heavy atom. The lowest BCUT2D eigenvalue weighted by Gasteiger charge is -2.38. The van der Waals surface area contributed by atoms with Gasteiger partial charge < -0.3 is 20.3 Å². The number of rotatable bonds is 9. The molecule has 2 N–H and O–H groups in total. The molecule has 0 aliphatic carbocycles. The maximum absolute atomic E-state index is 14.2. The van der Waals surface area contributed by atoms with Crippen LogP contribution >= 0.6 is 0 Å². The zero-order chi connectivity index (χ0) is 28.6. The highest BCUT2D eigenvalue weighted by Crippen LogP contribution is 2.30. The Balaban J connectivity index is 2.61. The normalized spacial score (nSPS) is 13.6. The van der Waals surface area contributed by atoms with E-state index in [4.69, 9.17) is 11.2 Å². The van der Waals surface area contributed by atoms with Crippen molar-refractivity contribution in [3.8, 4) is 12.3 Å². The second-order valence-corrected chi connectivity index (χ2v) is 10.8. The highest BCUT2D eigenvalue weighted by Gasteiger charge is 2.40. The first-order valence-corrected chi connectivity index (χ1v) is 13.0. The number of nitrogens with zero attached hydrogens (tertiary/aromatic N) is 1. The number of nitrogens with one attached hydrogen (secondary N) is 2. The predicted octanol–water partition coefficient (Wildman–Crippen LogP) is 5.83. The van der Waals surface area contributed by atoms with Crippen molar-refractivity contribution in [3.05, 3.63) is 65.2 Å². The number of alkyl carbamates (subject to hydrolysis) is 1. The van der Waals surface area contributed by atoms with E-state index in [2.05, 4.69) is 16.6 Å². The average molecular weight is 520 g/mol. The number of carbonyl (C=O) groups excluding carboxylic acids is 3. The molecule has 0 bridgehead atoms. The van der Waals surface area contributed by atoms with E-state index in [1.165, 1.54) is 4.90 Å². The van der Waals surface area contributed by atoms with Crippen molar-refractivity contribution >= 4 is 23.6 Å². The van der Waals surface area contributed by atoms with Crippen molar-refractivity contribution in [2.45, 2.75) is 85.5 Å². The van der Waals surface area contributed by atoms with E-state index in [1.807, 2.05) is 58.9 Å². The van der Waals surface area contributed by atoms with Gasteiger partial charge in [0.2, 0.25) is 5.91 Å². The third-order valence-electron chi connectivity index (χ3n) is 6.30. The first kappa shape index (κ1) is 30.4. The number of carbonyl (C=O) groups is 3. The maximum atomic E-state index is 14.2. The quantitative estimate of drug-likeness (QED) is 0.408. The molecular weight excluding hydrogens is 478 g/mol. The molecule has 204 valence electrons. The van der Waals surface area contributed by atoms with E-state index in [0.29, 0.717) is 23.2 Å². The molecule has 0 spiro atoms. The van der Waals surface area contributed by atoms with Gasteiger partial charge in [0.05, 0.1) is 0 Å². The molecular formula is C31H41N3O4. The van der Waals surface area contributed by atoms with Gasteiger partial charge in [-0.25, -0.2) is 4.79 Å². The number of hydrogen-bond donors (Lipinski definition) is 2. The van der Waals surface area contributed by atoms with Gasteiger partial charge in [-0.15, -0.1) is 6.42 Å². The molecule has 0 aliphatic rings. The minimum Gasteiger partial charge on any atom is -0.444 e. The Hall–Kier alpha value is -3.79. The van der Waals surface area contributed by atoms with Crippen LogP contribution in [0, 0.1) is 25.2 Å². The molecule has 2 rings (SSSR count). The summed E-state index contributed by atoms with van der Waals surface area (Å²) in [6.45, 7) is 14.7. The number of para-hydroxylation sites is 1. The fraction of sp³-hybridized carbons (Fsp3) is 0.452. The van der Waals surface area contributed by atoms with Gasteiger partial charge in [-0.3, -0.25) is 9.59 Å². The Morgan fingerprint density at radius 2 is 1.63 bits per heavy atom. The van der Waals surface area contributed by atoms with Crippen molar-refractivity contribution in [2.75, 3.05) is 5.32 Å². The maximum Gasteiger partial charge on any atom is 0.408 e. The molecule has 3 amide bonds. The Kier molecular flexibility index (Phi) is 10.5. The Morgan fingerprint density at radius 1 is 1.03 bits per heavy atom. The van der Waals surface area contributed by atoms with E-state index in [0.717, 1.165) is 5.56 Å². The van der Waals surface area contributed by atoms with Gasteiger partial charge in [0.25, 0.3) is 5.91 Å². The van der Waals surface area contributed by atoms with Crippen LogP contribution in [0.4, 0.5) is 10.5 Å². The lowest BCUT2D eigenvalue weighted by Crippen LogP contribution is -2.56. The molecule has 0 aromatic heterocycles. The van der Waals surface area contributed by atoms with Crippen molar-refractivity contribution in [2.24, 2.45) is 5.92 Å². The topological polar surface area (TPSA) is 87.7 Å². The third kappa shape index (κ3) is 7.85. The Bertz CT molecular complexity index is 1180. The molecule has 7 heteroatoms. The molecule has 38 heavy (non-hydrogen) atoms. The van der Waals surface area contributed by atoms with E-state index in [1.54, 1.807) is 45.0 Å². The van der Waals surface area contributed by atoms with Crippen LogP contribution in [0.2, 0.25) is 0 Å². The van der Waals surface area contributed by atoms with E-state index in [-0.39, 0.29) is 5.92 Å². The number of hydrogen-bond acceptors (Lipinski definition) is 4. The fourth-order valence-electron chi connectivity index (χ4n) is 4.16. The van der Waals surface area contributed by atoms with E-state index < -0.39 is 41.6 Å². The summed E-state index contributed by atoms with van der Waals surface area (Å²) < 4.78 is 5.45. The monoisotopic (exact) mass is 519 g/mol. The highest BCUT2D eigenvalue weighted by atomic mass is 16.6. The van der Waals surface area contributed by atoms with Crippen LogP contribution in [-0.2, 0) is 14.3 Å². The smallest absolute Gasteiger partial charge is 0.408 e. The van der Waals surface area contributed by atoms with Crippen molar-refractivity contribution < 1.29 is 19.1 Å². The molecule has 0 saturated heterocycles. The molecule has 7 nitrogen and oxygen atoms in total. The second-order valence-electron chi connectivity index (χ2n) is 10.8. The van der Waals surface area contributed by atoms with Gasteiger partial charge >= 0.3 is 6.09 Å². The van der Waals surface area contributed by atoms with Crippen molar-refractivity contribution in [1.82, 2.24) is 10.2 Å². The lowest BCUT2D eigenvalue weighted by atomic mass is 9.93. The molecule has 0 fully saturated rings. The van der Waals surface area contributed by atoms with Crippen molar-refractivity contribution in [3.63, 3.8) is 0 Å². The second kappa shape index (κ2) is 13.1. The summed E-state index contributed by atoms with van der Waals surface area (Å²) in [5.41, 5.74) is 1.84. The van der Waals surface area contributed by atoms with Crippen LogP contribution in [0.1, 0.15) is 77.6 Å². The minimum absolute atomic E-state index is 0.223. The standard InChI is InChI=1S/C31H41N3O4/c1-10-21(5)26(33-30(37)38-31(7,8)9)29(36)34(20(3)4)27(24-18-14-13-17-23(24)11-2)28(35)32-25-19-15-12-16-22(25)6/h2,12-21,26-27H,10H2,1,3-9H3,(H,32,35)(H,33,37). The summed E-state index contributed by atoms with van der Waals surface area (Å²) in [7, 11) is 0. The number of aryl methyl sites for hydroxylation is 1. The van der Waals surface area contributed by atoms with Crippen LogP contribution in [0.15, 0.2) is 48.5 Å². The van der Waals surface area contributed by atoms with Crippen LogP contribution < -0.4 is 10.6 Å². The van der Waals surface area contributed by atoms with Gasteiger partial charge in [0, 0.05) is 17.3 Å². The molecule has 2 aromatic rings. The number of terminal acetylenes is 1. The summed E-state index contributed by atoms with van der Waals surface area (Å²) in [4.78, 5) is 42.5. The zero-order valence-corrected chi connectivity index (χ0v) is 23.8. The summed E-state index contributed by atoms with van der Waals surface area (Å²) in [5, 5.41) is 5.76. The first-order chi connectivity index (χ1) is 17.8. The predicted molar refractivity (Wildman–Crippen MR) is 152 cm³/mol. The molecule has 3 unspecified atom stereocenters. The number of ether oxygens (including phenoxy) is 1. The summed E-state index contributed by atoms with van der Waals surface area (Å²) >= 11 is 0. The number of amides is 3. The molecule has 0 saturated carbocycles. The van der Waals surface area contributed by atoms with Crippen LogP contribution in [-0.4, -0.2) is 40.5 Å². The first-order valence-electron chi connectivity index (χ1n) is 13.0. The fourth-order valence-corrected chi connectivity index (χ4v) is 4.16. The van der Waals surface area contributed by atoms with Crippen LogP contribution in [0.25, 0.3) is 0 Å². The highest BCUT2D eigenvalue weighted by molar-refractivity contribution is 6.00. The molecule has 3 atom stereocenters. The van der Waals surface area contributed by atoms with Gasteiger partial charge in [0.15, 0.2) is 0 Å². The zero-order valence-electron chi connectivity index (χ0n) is 23.8. The third-order valence-corrected chi connectivity index (χ3v) is 6.30. The summed E-state index contributed by atoms with van der Waals surface area (Å²) in [6, 6.07) is 12.2. The minimum atomic E-state index is -1.04. The average Bonchev–Trinajstić information content (AvgIpc) is 2.85. The van der Waals surface area contributed by atoms with Gasteiger partial charge in [-0.1, -0.05) is 62.6 Å². The molecule has 0 aliphatic heterocycles. The summed E-state index contributed by atoms with van der Waals surface area (Å²) in [5.74, 6) is 1.64.